The zero-order valence-corrected chi connectivity index (χ0v) is 14.1. The molecule has 0 rings (SSSR count). The van der Waals surface area contributed by atoms with Gasteiger partial charge in [0, 0.05) is 0 Å². The van der Waals surface area contributed by atoms with Crippen molar-refractivity contribution in [3.63, 3.8) is 0 Å². The second-order valence-corrected chi connectivity index (χ2v) is 6.63. The Labute approximate surface area is 127 Å². The summed E-state index contributed by atoms with van der Waals surface area (Å²) in [4.78, 5) is 25.5. The Kier molecular flexibility index (Phi) is 6.73. The summed E-state index contributed by atoms with van der Waals surface area (Å²) in [6.45, 7) is 15.8. The second-order valence-electron chi connectivity index (χ2n) is 6.63. The van der Waals surface area contributed by atoms with Crippen LogP contribution in [0.5, 0.6) is 0 Å². The van der Waals surface area contributed by atoms with Crippen LogP contribution in [-0.4, -0.2) is 34.5 Å². The van der Waals surface area contributed by atoms with Crippen molar-refractivity contribution in [3.05, 3.63) is 12.8 Å². The fourth-order valence-corrected chi connectivity index (χ4v) is 1.46. The highest BCUT2D eigenvalue weighted by molar-refractivity contribution is 5.88. The highest BCUT2D eigenvalue weighted by Gasteiger charge is 2.35. The highest BCUT2D eigenvalue weighted by atomic mass is 16.6. The number of imide groups is 1. The SMILES string of the molecule is C=CN[C@@H](CC)N(C(=O)OC(C)(C)C)C(=O)OC(C)(C)C. The van der Waals surface area contributed by atoms with Crippen LogP contribution in [0.25, 0.3) is 0 Å². The molecule has 1 atom stereocenters. The summed E-state index contributed by atoms with van der Waals surface area (Å²) in [5, 5.41) is 2.85. The van der Waals surface area contributed by atoms with Crippen molar-refractivity contribution >= 4 is 12.2 Å². The lowest BCUT2D eigenvalue weighted by atomic mass is 10.2. The number of hydrogen-bond donors (Lipinski definition) is 1. The molecule has 122 valence electrons. The van der Waals surface area contributed by atoms with Gasteiger partial charge in [0.15, 0.2) is 0 Å². The first-order valence-electron chi connectivity index (χ1n) is 7.03. The average Bonchev–Trinajstić information content (AvgIpc) is 2.23. The Morgan fingerprint density at radius 2 is 1.48 bits per heavy atom. The van der Waals surface area contributed by atoms with E-state index in [-0.39, 0.29) is 0 Å². The number of nitrogens with one attached hydrogen (secondary N) is 1. The standard InChI is InChI=1S/C15H28N2O4/c1-9-11(16-10-2)17(12(18)20-14(3,4)5)13(19)21-15(6,7)8/h10-11,16H,2,9H2,1,3-8H3/t11-/m1/s1. The minimum Gasteiger partial charge on any atom is -0.443 e. The van der Waals surface area contributed by atoms with Crippen molar-refractivity contribution in [2.24, 2.45) is 0 Å². The van der Waals surface area contributed by atoms with Gasteiger partial charge in [-0.15, -0.1) is 0 Å². The number of rotatable bonds is 4. The quantitative estimate of drug-likeness (QED) is 0.803. The molecule has 0 aliphatic rings. The summed E-state index contributed by atoms with van der Waals surface area (Å²) in [7, 11) is 0. The van der Waals surface area contributed by atoms with Gasteiger partial charge in [-0.2, -0.15) is 4.90 Å². The molecular weight excluding hydrogens is 272 g/mol. The Morgan fingerprint density at radius 1 is 1.10 bits per heavy atom. The third-order valence-electron chi connectivity index (χ3n) is 2.19. The molecule has 0 bridgehead atoms. The van der Waals surface area contributed by atoms with E-state index in [4.69, 9.17) is 9.47 Å². The number of carbonyl (C=O) groups is 2. The summed E-state index contributed by atoms with van der Waals surface area (Å²) in [6, 6.07) is 0. The Bertz CT molecular complexity index is 352. The van der Waals surface area contributed by atoms with Crippen LogP contribution in [0.1, 0.15) is 54.9 Å². The van der Waals surface area contributed by atoms with Crippen LogP contribution in [0.2, 0.25) is 0 Å². The molecule has 0 heterocycles. The molecule has 6 heteroatoms. The van der Waals surface area contributed by atoms with Crippen LogP contribution >= 0.6 is 0 Å². The van der Waals surface area contributed by atoms with Crippen LogP contribution in [0.3, 0.4) is 0 Å². The topological polar surface area (TPSA) is 67.9 Å². The van der Waals surface area contributed by atoms with E-state index in [2.05, 4.69) is 11.9 Å². The molecule has 0 saturated carbocycles. The molecule has 0 aliphatic carbocycles. The second kappa shape index (κ2) is 7.33. The van der Waals surface area contributed by atoms with Crippen molar-refractivity contribution in [3.8, 4) is 0 Å². The molecule has 0 radical (unpaired) electrons. The van der Waals surface area contributed by atoms with Gasteiger partial charge in [0.25, 0.3) is 0 Å². The van der Waals surface area contributed by atoms with E-state index in [1.807, 2.05) is 6.92 Å². The molecule has 0 aromatic carbocycles. The number of nitrogens with zero attached hydrogens (tertiary/aromatic N) is 1. The van der Waals surface area contributed by atoms with E-state index in [1.165, 1.54) is 6.20 Å². The first-order valence-corrected chi connectivity index (χ1v) is 7.03. The summed E-state index contributed by atoms with van der Waals surface area (Å²) < 4.78 is 10.6. The van der Waals surface area contributed by atoms with Gasteiger partial charge in [-0.25, -0.2) is 9.59 Å². The van der Waals surface area contributed by atoms with Gasteiger partial charge in [-0.3, -0.25) is 0 Å². The van der Waals surface area contributed by atoms with E-state index in [9.17, 15) is 9.59 Å². The molecule has 1 N–H and O–H groups in total. The third kappa shape index (κ3) is 7.58. The average molecular weight is 300 g/mol. The minimum atomic E-state index is -0.752. The zero-order chi connectivity index (χ0) is 16.8. The molecule has 0 spiro atoms. The highest BCUT2D eigenvalue weighted by Crippen LogP contribution is 2.17. The van der Waals surface area contributed by atoms with E-state index >= 15 is 0 Å². The predicted molar refractivity (Wildman–Crippen MR) is 81.7 cm³/mol. The summed E-state index contributed by atoms with van der Waals surface area (Å²) in [5.74, 6) is 0. The van der Waals surface area contributed by atoms with Crippen molar-refractivity contribution in [1.29, 1.82) is 0 Å². The van der Waals surface area contributed by atoms with Crippen LogP contribution in [0, 0.1) is 0 Å². The number of hydrogen-bond acceptors (Lipinski definition) is 5. The largest absolute Gasteiger partial charge is 0.443 e. The van der Waals surface area contributed by atoms with E-state index in [0.29, 0.717) is 6.42 Å². The normalized spacial score (nSPS) is 13.1. The van der Waals surface area contributed by atoms with Crippen LogP contribution in [0.4, 0.5) is 9.59 Å². The van der Waals surface area contributed by atoms with Crippen molar-refractivity contribution in [2.75, 3.05) is 0 Å². The van der Waals surface area contributed by atoms with E-state index < -0.39 is 29.6 Å². The fraction of sp³-hybridized carbons (Fsp3) is 0.733. The molecule has 21 heavy (non-hydrogen) atoms. The van der Waals surface area contributed by atoms with Gasteiger partial charge in [0.05, 0.1) is 0 Å². The van der Waals surface area contributed by atoms with Gasteiger partial charge in [-0.1, -0.05) is 13.5 Å². The third-order valence-corrected chi connectivity index (χ3v) is 2.19. The summed E-state index contributed by atoms with van der Waals surface area (Å²) in [6.07, 6.45) is -0.163. The van der Waals surface area contributed by atoms with Crippen LogP contribution < -0.4 is 5.32 Å². The number of carbonyl (C=O) groups excluding carboxylic acids is 2. The fourth-order valence-electron chi connectivity index (χ4n) is 1.46. The summed E-state index contributed by atoms with van der Waals surface area (Å²) >= 11 is 0. The Balaban J connectivity index is 5.30. The maximum absolute atomic E-state index is 12.3. The van der Waals surface area contributed by atoms with Crippen molar-refractivity contribution in [2.45, 2.75) is 72.3 Å². The Hall–Kier alpha value is -1.72. The molecule has 6 nitrogen and oxygen atoms in total. The lowest BCUT2D eigenvalue weighted by Crippen LogP contribution is -2.53. The van der Waals surface area contributed by atoms with E-state index in [1.54, 1.807) is 41.5 Å². The van der Waals surface area contributed by atoms with Gasteiger partial charge in [0.2, 0.25) is 0 Å². The van der Waals surface area contributed by atoms with Crippen LogP contribution in [0.15, 0.2) is 12.8 Å². The smallest absolute Gasteiger partial charge is 0.421 e. The lowest BCUT2D eigenvalue weighted by Gasteiger charge is -2.33. The molecule has 0 aliphatic heterocycles. The van der Waals surface area contributed by atoms with Crippen molar-refractivity contribution < 1.29 is 19.1 Å². The monoisotopic (exact) mass is 300 g/mol. The number of ether oxygens (including phenoxy) is 2. The van der Waals surface area contributed by atoms with Gasteiger partial charge in [0.1, 0.15) is 17.4 Å². The minimum absolute atomic E-state index is 0.491. The van der Waals surface area contributed by atoms with E-state index in [0.717, 1.165) is 4.90 Å². The zero-order valence-electron chi connectivity index (χ0n) is 14.1. The molecule has 0 aromatic rings. The van der Waals surface area contributed by atoms with Crippen LogP contribution in [-0.2, 0) is 9.47 Å². The lowest BCUT2D eigenvalue weighted by molar-refractivity contribution is -0.00957. The maximum atomic E-state index is 12.3. The van der Waals surface area contributed by atoms with Gasteiger partial charge >= 0.3 is 12.2 Å². The molecular formula is C15H28N2O4. The van der Waals surface area contributed by atoms with Crippen molar-refractivity contribution in [1.82, 2.24) is 10.2 Å². The van der Waals surface area contributed by atoms with Gasteiger partial charge < -0.3 is 14.8 Å². The molecule has 0 fully saturated rings. The first-order chi connectivity index (χ1) is 9.41. The first kappa shape index (κ1) is 19.3. The predicted octanol–water partition coefficient (Wildman–Crippen LogP) is 3.63. The maximum Gasteiger partial charge on any atom is 0.421 e. The number of amides is 2. The molecule has 2 amide bonds. The Morgan fingerprint density at radius 3 is 1.71 bits per heavy atom. The summed E-state index contributed by atoms with van der Waals surface area (Å²) in [5.41, 5.74) is -1.41. The molecule has 0 saturated heterocycles. The van der Waals surface area contributed by atoms with Gasteiger partial charge in [-0.05, 0) is 54.2 Å². The molecule has 0 aromatic heterocycles. The molecule has 0 unspecified atom stereocenters.